The van der Waals surface area contributed by atoms with Gasteiger partial charge in [0.2, 0.25) is 11.8 Å². The highest BCUT2D eigenvalue weighted by Crippen LogP contribution is 2.35. The molecule has 2 amide bonds. The number of benzene rings is 4. The Morgan fingerprint density at radius 3 is 2.11 bits per heavy atom. The van der Waals surface area contributed by atoms with E-state index >= 15 is 0 Å². The van der Waals surface area contributed by atoms with Crippen LogP contribution in [0.1, 0.15) is 11.1 Å². The number of nitrogens with zero attached hydrogens (tertiary/aromatic N) is 2. The second kappa shape index (κ2) is 14.8. The second-order valence-corrected chi connectivity index (χ2v) is 12.8. The molecule has 8 nitrogen and oxygen atoms in total. The summed E-state index contributed by atoms with van der Waals surface area (Å²) in [6, 6.07) is 25.3. The summed E-state index contributed by atoms with van der Waals surface area (Å²) in [5.41, 5.74) is 1.46. The Labute approximate surface area is 272 Å². The number of carbonyl (C=O) groups excluding carboxylic acids is 2. The van der Waals surface area contributed by atoms with Crippen LogP contribution in [0.3, 0.4) is 0 Å². The number of halogens is 3. The summed E-state index contributed by atoms with van der Waals surface area (Å²) in [6.45, 7) is -0.732. The van der Waals surface area contributed by atoms with Crippen molar-refractivity contribution in [1.29, 1.82) is 0 Å². The molecule has 0 aromatic heterocycles. The Balaban J connectivity index is 1.84. The number of anilines is 1. The third-order valence-electron chi connectivity index (χ3n) is 6.87. The van der Waals surface area contributed by atoms with Gasteiger partial charge in [0, 0.05) is 25.0 Å². The number of carbonyl (C=O) groups is 2. The van der Waals surface area contributed by atoms with Crippen LogP contribution in [0, 0.1) is 0 Å². The molecule has 1 N–H and O–H groups in total. The van der Waals surface area contributed by atoms with Crippen molar-refractivity contribution in [3.05, 3.63) is 123 Å². The largest absolute Gasteiger partial charge is 0.495 e. The highest BCUT2D eigenvalue weighted by Gasteiger charge is 2.35. The van der Waals surface area contributed by atoms with E-state index < -0.39 is 34.4 Å². The molecule has 0 bridgehead atoms. The molecular weight excluding hydrogens is 645 g/mol. The van der Waals surface area contributed by atoms with Crippen molar-refractivity contribution >= 4 is 62.3 Å². The van der Waals surface area contributed by atoms with E-state index in [1.807, 2.05) is 30.3 Å². The van der Waals surface area contributed by atoms with E-state index in [4.69, 9.17) is 39.5 Å². The van der Waals surface area contributed by atoms with Crippen LogP contribution in [0.5, 0.6) is 5.75 Å². The van der Waals surface area contributed by atoms with Gasteiger partial charge in [0.15, 0.2) is 0 Å². The molecule has 0 unspecified atom stereocenters. The first-order valence-electron chi connectivity index (χ1n) is 13.5. The standard InChI is InChI=1S/C32H30Cl3N3O5S/c1-36-32(40)29(18-22-9-5-3-6-10-22)37(20-23-13-15-26(34)27(35)17-23)31(39)21-38(28-19-24(33)14-16-30(28)43-2)44(41,42)25-11-7-4-8-12-25/h3-17,19,29H,18,20-21H2,1-2H3,(H,36,40)/t29-/m0/s1. The van der Waals surface area contributed by atoms with E-state index in [-0.39, 0.29) is 39.3 Å². The summed E-state index contributed by atoms with van der Waals surface area (Å²) in [7, 11) is -1.45. The van der Waals surface area contributed by atoms with Crippen LogP contribution in [-0.2, 0) is 32.6 Å². The van der Waals surface area contributed by atoms with Crippen LogP contribution < -0.4 is 14.4 Å². The minimum atomic E-state index is -4.32. The second-order valence-electron chi connectivity index (χ2n) is 9.73. The first kappa shape index (κ1) is 33.1. The molecule has 0 saturated carbocycles. The zero-order valence-corrected chi connectivity index (χ0v) is 27.0. The lowest BCUT2D eigenvalue weighted by molar-refractivity contribution is -0.139. The van der Waals surface area contributed by atoms with Crippen molar-refractivity contribution in [3.63, 3.8) is 0 Å². The fourth-order valence-electron chi connectivity index (χ4n) is 4.65. The maximum atomic E-state index is 14.4. The zero-order chi connectivity index (χ0) is 31.9. The van der Waals surface area contributed by atoms with E-state index in [1.54, 1.807) is 42.5 Å². The number of amides is 2. The van der Waals surface area contributed by atoms with Gasteiger partial charge in [0.25, 0.3) is 10.0 Å². The van der Waals surface area contributed by atoms with E-state index in [0.717, 1.165) is 9.87 Å². The van der Waals surface area contributed by atoms with E-state index in [1.165, 1.54) is 43.3 Å². The van der Waals surface area contributed by atoms with Crippen molar-refractivity contribution in [3.8, 4) is 5.75 Å². The van der Waals surface area contributed by atoms with Gasteiger partial charge in [-0.3, -0.25) is 13.9 Å². The van der Waals surface area contributed by atoms with Gasteiger partial charge in [-0.05, 0) is 53.6 Å². The fraction of sp³-hybridized carbons (Fsp3) is 0.188. The summed E-state index contributed by atoms with van der Waals surface area (Å²) < 4.78 is 34.6. The number of nitrogens with one attached hydrogen (secondary N) is 1. The first-order valence-corrected chi connectivity index (χ1v) is 16.0. The molecule has 1 atom stereocenters. The predicted octanol–water partition coefficient (Wildman–Crippen LogP) is 6.24. The smallest absolute Gasteiger partial charge is 0.264 e. The summed E-state index contributed by atoms with van der Waals surface area (Å²) in [4.78, 5) is 29.1. The van der Waals surface area contributed by atoms with Crippen LogP contribution in [0.25, 0.3) is 0 Å². The van der Waals surface area contributed by atoms with Gasteiger partial charge >= 0.3 is 0 Å². The summed E-state index contributed by atoms with van der Waals surface area (Å²) in [6.07, 6.45) is 0.166. The summed E-state index contributed by atoms with van der Waals surface area (Å²) >= 11 is 18.7. The lowest BCUT2D eigenvalue weighted by Crippen LogP contribution is -2.53. The van der Waals surface area contributed by atoms with Crippen LogP contribution in [0.4, 0.5) is 5.69 Å². The van der Waals surface area contributed by atoms with Crippen molar-refractivity contribution < 1.29 is 22.7 Å². The molecule has 0 radical (unpaired) electrons. The molecule has 4 aromatic carbocycles. The van der Waals surface area contributed by atoms with Crippen molar-refractivity contribution in [2.24, 2.45) is 0 Å². The number of likely N-dealkylation sites (N-methyl/N-ethyl adjacent to an activating group) is 1. The van der Waals surface area contributed by atoms with Crippen LogP contribution >= 0.6 is 34.8 Å². The summed E-state index contributed by atoms with van der Waals surface area (Å²) in [5, 5.41) is 3.48. The van der Waals surface area contributed by atoms with Gasteiger partial charge < -0.3 is 15.0 Å². The average Bonchev–Trinajstić information content (AvgIpc) is 3.03. The Morgan fingerprint density at radius 1 is 0.841 bits per heavy atom. The molecule has 0 spiro atoms. The quantitative estimate of drug-likeness (QED) is 0.192. The fourth-order valence-corrected chi connectivity index (χ4v) is 6.57. The van der Waals surface area contributed by atoms with Gasteiger partial charge in [-0.1, -0.05) is 89.4 Å². The molecule has 0 fully saturated rings. The van der Waals surface area contributed by atoms with Crippen molar-refractivity contribution in [2.45, 2.75) is 23.9 Å². The Bertz CT molecular complexity index is 1720. The first-order chi connectivity index (χ1) is 21.0. The molecule has 0 aliphatic heterocycles. The highest BCUT2D eigenvalue weighted by atomic mass is 35.5. The molecule has 0 aliphatic rings. The number of ether oxygens (including phenoxy) is 1. The Kier molecular flexibility index (Phi) is 11.2. The van der Waals surface area contributed by atoms with Crippen molar-refractivity contribution in [1.82, 2.24) is 10.2 Å². The third kappa shape index (κ3) is 7.84. The van der Waals surface area contributed by atoms with Gasteiger partial charge in [-0.2, -0.15) is 0 Å². The predicted molar refractivity (Wildman–Crippen MR) is 174 cm³/mol. The normalized spacial score (nSPS) is 11.8. The molecule has 4 rings (SSSR count). The molecule has 4 aromatic rings. The van der Waals surface area contributed by atoms with E-state index in [9.17, 15) is 18.0 Å². The maximum Gasteiger partial charge on any atom is 0.264 e. The number of methoxy groups -OCH3 is 1. The van der Waals surface area contributed by atoms with Crippen molar-refractivity contribution in [2.75, 3.05) is 25.0 Å². The molecule has 0 saturated heterocycles. The van der Waals surface area contributed by atoms with Crippen LogP contribution in [-0.4, -0.2) is 51.9 Å². The molecule has 44 heavy (non-hydrogen) atoms. The van der Waals surface area contributed by atoms with E-state index in [0.29, 0.717) is 10.6 Å². The van der Waals surface area contributed by atoms with Crippen LogP contribution in [0.15, 0.2) is 102 Å². The van der Waals surface area contributed by atoms with Gasteiger partial charge in [0.1, 0.15) is 18.3 Å². The minimum absolute atomic E-state index is 0.0435. The average molecular weight is 675 g/mol. The number of rotatable bonds is 12. The monoisotopic (exact) mass is 673 g/mol. The van der Waals surface area contributed by atoms with Gasteiger partial charge in [-0.15, -0.1) is 0 Å². The SMILES string of the molecule is CNC(=O)[C@H](Cc1ccccc1)N(Cc1ccc(Cl)c(Cl)c1)C(=O)CN(c1cc(Cl)ccc1OC)S(=O)(=O)c1ccccc1. The molecule has 0 heterocycles. The molecule has 0 aliphatic carbocycles. The molecule has 230 valence electrons. The number of hydrogen-bond acceptors (Lipinski definition) is 5. The highest BCUT2D eigenvalue weighted by molar-refractivity contribution is 7.92. The zero-order valence-electron chi connectivity index (χ0n) is 23.9. The van der Waals surface area contributed by atoms with Gasteiger partial charge in [-0.25, -0.2) is 8.42 Å². The van der Waals surface area contributed by atoms with E-state index in [2.05, 4.69) is 5.32 Å². The van der Waals surface area contributed by atoms with Gasteiger partial charge in [0.05, 0.1) is 27.7 Å². The Morgan fingerprint density at radius 2 is 1.50 bits per heavy atom. The third-order valence-corrected chi connectivity index (χ3v) is 9.62. The lowest BCUT2D eigenvalue weighted by atomic mass is 10.0. The molecular formula is C32H30Cl3N3O5S. The summed E-state index contributed by atoms with van der Waals surface area (Å²) in [5.74, 6) is -0.896. The van der Waals surface area contributed by atoms with Crippen LogP contribution in [0.2, 0.25) is 15.1 Å². The molecule has 12 heteroatoms. The maximum absolute atomic E-state index is 14.4. The number of sulfonamides is 1. The minimum Gasteiger partial charge on any atom is -0.495 e. The lowest BCUT2D eigenvalue weighted by Gasteiger charge is -2.34. The Hall–Kier alpha value is -3.76. The number of hydrogen-bond donors (Lipinski definition) is 1. The topological polar surface area (TPSA) is 96.0 Å².